The van der Waals surface area contributed by atoms with E-state index in [-0.39, 0.29) is 36.3 Å². The third-order valence-corrected chi connectivity index (χ3v) is 4.06. The quantitative estimate of drug-likeness (QED) is 0.822. The molecule has 0 aromatic heterocycles. The number of hydrogen-bond acceptors (Lipinski definition) is 3. The lowest BCUT2D eigenvalue weighted by Crippen LogP contribution is -2.29. The van der Waals surface area contributed by atoms with E-state index in [0.717, 1.165) is 5.56 Å². The van der Waals surface area contributed by atoms with Gasteiger partial charge in [-0.1, -0.05) is 12.1 Å². The van der Waals surface area contributed by atoms with E-state index in [4.69, 9.17) is 0 Å². The standard InChI is InChI=1S/C19H20FNO3/c1-13(15-4-3-5-17(22)12-15)21(2)19(24)11-10-18(23)14-6-8-16(20)9-7-14/h3-9,12-13,22H,10-11H2,1-2H3. The first kappa shape index (κ1) is 17.7. The Morgan fingerprint density at radius 2 is 1.79 bits per heavy atom. The average molecular weight is 329 g/mol. The van der Waals surface area contributed by atoms with Crippen molar-refractivity contribution in [3.8, 4) is 5.75 Å². The fourth-order valence-corrected chi connectivity index (χ4v) is 2.40. The van der Waals surface area contributed by atoms with Gasteiger partial charge in [-0.3, -0.25) is 9.59 Å². The first-order chi connectivity index (χ1) is 11.4. The number of hydrogen-bond donors (Lipinski definition) is 1. The van der Waals surface area contributed by atoms with Crippen molar-refractivity contribution in [2.45, 2.75) is 25.8 Å². The first-order valence-electron chi connectivity index (χ1n) is 7.72. The Hall–Kier alpha value is -2.69. The van der Waals surface area contributed by atoms with Crippen molar-refractivity contribution in [3.05, 3.63) is 65.5 Å². The van der Waals surface area contributed by atoms with Gasteiger partial charge in [-0.25, -0.2) is 4.39 Å². The first-order valence-corrected chi connectivity index (χ1v) is 7.72. The van der Waals surface area contributed by atoms with Gasteiger partial charge >= 0.3 is 0 Å². The molecule has 0 heterocycles. The number of ketones is 1. The molecule has 0 aliphatic carbocycles. The Bertz CT molecular complexity index is 728. The molecule has 0 saturated heterocycles. The molecule has 4 nitrogen and oxygen atoms in total. The van der Waals surface area contributed by atoms with Crippen LogP contribution >= 0.6 is 0 Å². The van der Waals surface area contributed by atoms with E-state index in [1.165, 1.54) is 24.3 Å². The Morgan fingerprint density at radius 3 is 2.42 bits per heavy atom. The summed E-state index contributed by atoms with van der Waals surface area (Å²) in [5.41, 5.74) is 1.21. The van der Waals surface area contributed by atoms with E-state index in [9.17, 15) is 19.1 Å². The molecule has 0 aliphatic rings. The van der Waals surface area contributed by atoms with E-state index in [1.54, 1.807) is 30.1 Å². The molecule has 1 unspecified atom stereocenters. The Balaban J connectivity index is 1.93. The van der Waals surface area contributed by atoms with Crippen LogP contribution in [0.4, 0.5) is 4.39 Å². The highest BCUT2D eigenvalue weighted by atomic mass is 19.1. The second kappa shape index (κ2) is 7.73. The molecule has 2 aromatic rings. The van der Waals surface area contributed by atoms with Crippen LogP contribution in [0.15, 0.2) is 48.5 Å². The molecule has 0 fully saturated rings. The van der Waals surface area contributed by atoms with Crippen LogP contribution in [0.25, 0.3) is 0 Å². The summed E-state index contributed by atoms with van der Waals surface area (Å²) in [5.74, 6) is -0.614. The van der Waals surface area contributed by atoms with Crippen molar-refractivity contribution in [1.82, 2.24) is 4.90 Å². The number of amides is 1. The average Bonchev–Trinajstić information content (AvgIpc) is 2.58. The molecular formula is C19H20FNO3. The van der Waals surface area contributed by atoms with Gasteiger partial charge in [0, 0.05) is 25.5 Å². The molecule has 24 heavy (non-hydrogen) atoms. The van der Waals surface area contributed by atoms with Gasteiger partial charge < -0.3 is 10.0 Å². The van der Waals surface area contributed by atoms with E-state index >= 15 is 0 Å². The number of rotatable bonds is 6. The van der Waals surface area contributed by atoms with Crippen LogP contribution in [-0.4, -0.2) is 28.7 Å². The van der Waals surface area contributed by atoms with Crippen LogP contribution < -0.4 is 0 Å². The van der Waals surface area contributed by atoms with Crippen LogP contribution in [0.2, 0.25) is 0 Å². The summed E-state index contributed by atoms with van der Waals surface area (Å²) in [6.07, 6.45) is 0.150. The van der Waals surface area contributed by atoms with Crippen molar-refractivity contribution in [1.29, 1.82) is 0 Å². The summed E-state index contributed by atoms with van der Waals surface area (Å²) in [5, 5.41) is 9.53. The predicted molar refractivity (Wildman–Crippen MR) is 89.3 cm³/mol. The number of benzene rings is 2. The SMILES string of the molecule is CC(c1cccc(O)c1)N(C)C(=O)CCC(=O)c1ccc(F)cc1. The van der Waals surface area contributed by atoms with Crippen molar-refractivity contribution < 1.29 is 19.1 Å². The molecule has 5 heteroatoms. The van der Waals surface area contributed by atoms with Gasteiger partial charge in [0.15, 0.2) is 5.78 Å². The third kappa shape index (κ3) is 4.41. The Labute approximate surface area is 140 Å². The van der Waals surface area contributed by atoms with E-state index in [1.807, 2.05) is 13.0 Å². The summed E-state index contributed by atoms with van der Waals surface area (Å²) in [4.78, 5) is 25.9. The Kier molecular flexibility index (Phi) is 5.68. The number of carbonyl (C=O) groups excluding carboxylic acids is 2. The molecule has 2 rings (SSSR count). The lowest BCUT2D eigenvalue weighted by molar-refractivity contribution is -0.131. The zero-order chi connectivity index (χ0) is 17.7. The van der Waals surface area contributed by atoms with E-state index < -0.39 is 5.82 Å². The molecule has 0 spiro atoms. The maximum absolute atomic E-state index is 12.9. The molecule has 126 valence electrons. The minimum absolute atomic E-state index is 0.0710. The molecule has 0 radical (unpaired) electrons. The number of phenolic OH excluding ortho intramolecular Hbond substituents is 1. The lowest BCUT2D eigenvalue weighted by atomic mass is 10.0. The maximum Gasteiger partial charge on any atom is 0.223 e. The van der Waals surface area contributed by atoms with Gasteiger partial charge in [-0.2, -0.15) is 0 Å². The Morgan fingerprint density at radius 1 is 1.12 bits per heavy atom. The number of carbonyl (C=O) groups is 2. The van der Waals surface area contributed by atoms with E-state index in [2.05, 4.69) is 0 Å². The largest absolute Gasteiger partial charge is 0.508 e. The van der Waals surface area contributed by atoms with Gasteiger partial charge in [-0.05, 0) is 48.9 Å². The monoisotopic (exact) mass is 329 g/mol. The van der Waals surface area contributed by atoms with Crippen LogP contribution in [0.3, 0.4) is 0 Å². The predicted octanol–water partition coefficient (Wildman–Crippen LogP) is 3.71. The summed E-state index contributed by atoms with van der Waals surface area (Å²) < 4.78 is 12.9. The topological polar surface area (TPSA) is 57.6 Å². The van der Waals surface area contributed by atoms with Crippen molar-refractivity contribution in [2.75, 3.05) is 7.05 Å². The van der Waals surface area contributed by atoms with Crippen molar-refractivity contribution >= 4 is 11.7 Å². The van der Waals surface area contributed by atoms with Crippen LogP contribution in [0.1, 0.15) is 41.7 Å². The van der Waals surface area contributed by atoms with Crippen LogP contribution in [-0.2, 0) is 4.79 Å². The van der Waals surface area contributed by atoms with Crippen LogP contribution in [0.5, 0.6) is 5.75 Å². The normalized spacial score (nSPS) is 11.8. The lowest BCUT2D eigenvalue weighted by Gasteiger charge is -2.25. The molecular weight excluding hydrogens is 309 g/mol. The summed E-state index contributed by atoms with van der Waals surface area (Å²) in [6.45, 7) is 1.86. The number of nitrogens with zero attached hydrogens (tertiary/aromatic N) is 1. The van der Waals surface area contributed by atoms with Crippen LogP contribution in [0, 0.1) is 5.82 Å². The number of aromatic hydroxyl groups is 1. The van der Waals surface area contributed by atoms with Gasteiger partial charge in [0.2, 0.25) is 5.91 Å². The smallest absolute Gasteiger partial charge is 0.223 e. The molecule has 2 aromatic carbocycles. The second-order valence-corrected chi connectivity index (χ2v) is 5.71. The summed E-state index contributed by atoms with van der Waals surface area (Å²) in [6, 6.07) is 11.8. The molecule has 0 bridgehead atoms. The highest BCUT2D eigenvalue weighted by molar-refractivity contribution is 5.97. The fourth-order valence-electron chi connectivity index (χ4n) is 2.40. The molecule has 0 aliphatic heterocycles. The number of phenols is 1. The van der Waals surface area contributed by atoms with Crippen molar-refractivity contribution in [2.24, 2.45) is 0 Å². The highest BCUT2D eigenvalue weighted by Gasteiger charge is 2.19. The second-order valence-electron chi connectivity index (χ2n) is 5.71. The minimum atomic E-state index is -0.401. The van der Waals surface area contributed by atoms with E-state index in [0.29, 0.717) is 5.56 Å². The summed E-state index contributed by atoms with van der Waals surface area (Å²) in [7, 11) is 1.67. The van der Waals surface area contributed by atoms with Gasteiger partial charge in [0.05, 0.1) is 6.04 Å². The molecule has 1 atom stereocenters. The maximum atomic E-state index is 12.9. The number of halogens is 1. The number of Topliss-reactive ketones (excluding diaryl/α,β-unsaturated/α-hetero) is 1. The molecule has 1 N–H and O–H groups in total. The minimum Gasteiger partial charge on any atom is -0.508 e. The molecule has 0 saturated carbocycles. The zero-order valence-electron chi connectivity index (χ0n) is 13.7. The van der Waals surface area contributed by atoms with Gasteiger partial charge in [0.25, 0.3) is 0 Å². The fraction of sp³-hybridized carbons (Fsp3) is 0.263. The summed E-state index contributed by atoms with van der Waals surface area (Å²) >= 11 is 0. The van der Waals surface area contributed by atoms with Gasteiger partial charge in [-0.15, -0.1) is 0 Å². The molecule has 1 amide bonds. The zero-order valence-corrected chi connectivity index (χ0v) is 13.7. The highest BCUT2D eigenvalue weighted by Crippen LogP contribution is 2.23. The van der Waals surface area contributed by atoms with Gasteiger partial charge in [0.1, 0.15) is 11.6 Å². The third-order valence-electron chi connectivity index (χ3n) is 4.06. The van der Waals surface area contributed by atoms with Crippen molar-refractivity contribution in [3.63, 3.8) is 0 Å².